The lowest BCUT2D eigenvalue weighted by atomic mass is 10.1. The Morgan fingerprint density at radius 2 is 2.06 bits per heavy atom. The van der Waals surface area contributed by atoms with Crippen LogP contribution in [0.1, 0.15) is 17.3 Å². The van der Waals surface area contributed by atoms with E-state index < -0.39 is 11.7 Å². The van der Waals surface area contributed by atoms with Crippen LogP contribution in [0.3, 0.4) is 0 Å². The second-order valence-electron chi connectivity index (χ2n) is 3.55. The van der Waals surface area contributed by atoms with Crippen molar-refractivity contribution in [1.29, 1.82) is 0 Å². The predicted molar refractivity (Wildman–Crippen MR) is 67.0 cm³/mol. The maximum atomic E-state index is 13.5. The summed E-state index contributed by atoms with van der Waals surface area (Å²) >= 11 is 0. The summed E-state index contributed by atoms with van der Waals surface area (Å²) in [5, 5.41) is 7.59. The third-order valence-corrected chi connectivity index (χ3v) is 2.30. The molecular formula is C12H16FN3O2. The molecular weight excluding hydrogens is 237 g/mol. The molecule has 2 amide bonds. The van der Waals surface area contributed by atoms with Crippen LogP contribution in [-0.2, 0) is 4.79 Å². The van der Waals surface area contributed by atoms with Gasteiger partial charge < -0.3 is 16.0 Å². The van der Waals surface area contributed by atoms with Crippen LogP contribution < -0.4 is 16.0 Å². The van der Waals surface area contributed by atoms with E-state index >= 15 is 0 Å². The lowest BCUT2D eigenvalue weighted by Crippen LogP contribution is -2.35. The summed E-state index contributed by atoms with van der Waals surface area (Å²) in [5.41, 5.74) is 0.329. The first-order valence-electron chi connectivity index (χ1n) is 5.61. The van der Waals surface area contributed by atoms with E-state index in [1.54, 1.807) is 6.92 Å². The second-order valence-corrected chi connectivity index (χ2v) is 3.55. The summed E-state index contributed by atoms with van der Waals surface area (Å²) in [6, 6.07) is 4.22. The van der Waals surface area contributed by atoms with Crippen molar-refractivity contribution in [3.05, 3.63) is 29.6 Å². The topological polar surface area (TPSA) is 70.2 Å². The molecule has 3 N–H and O–H groups in total. The summed E-state index contributed by atoms with van der Waals surface area (Å²) in [4.78, 5) is 22.8. The highest BCUT2D eigenvalue weighted by Crippen LogP contribution is 2.19. The van der Waals surface area contributed by atoms with Crippen molar-refractivity contribution in [2.24, 2.45) is 0 Å². The highest BCUT2D eigenvalue weighted by Gasteiger charge is 2.14. The van der Waals surface area contributed by atoms with Gasteiger partial charge in [0.05, 0.1) is 17.8 Å². The third-order valence-electron chi connectivity index (χ3n) is 2.30. The maximum Gasteiger partial charge on any atom is 0.253 e. The highest BCUT2D eigenvalue weighted by atomic mass is 19.1. The van der Waals surface area contributed by atoms with Crippen LogP contribution in [0, 0.1) is 5.82 Å². The molecule has 0 atom stereocenters. The zero-order chi connectivity index (χ0) is 13.5. The number of hydrogen-bond donors (Lipinski definition) is 3. The quantitative estimate of drug-likeness (QED) is 0.724. The van der Waals surface area contributed by atoms with E-state index in [1.807, 2.05) is 0 Å². The standard InChI is InChI=1S/C12H16FN3O2/c1-3-15-11-8(5-4-6-9(11)13)12(18)16-7-10(17)14-2/h4-6,15H,3,7H2,1-2H3,(H,14,17)(H,16,18). The smallest absolute Gasteiger partial charge is 0.253 e. The van der Waals surface area contributed by atoms with Gasteiger partial charge in [0.25, 0.3) is 5.91 Å². The van der Waals surface area contributed by atoms with E-state index in [1.165, 1.54) is 25.2 Å². The van der Waals surface area contributed by atoms with Crippen LogP contribution in [-0.4, -0.2) is 32.0 Å². The second kappa shape index (κ2) is 6.58. The van der Waals surface area contributed by atoms with Crippen molar-refractivity contribution in [1.82, 2.24) is 10.6 Å². The molecule has 0 fully saturated rings. The maximum absolute atomic E-state index is 13.5. The molecule has 5 nitrogen and oxygen atoms in total. The molecule has 0 heterocycles. The number of halogens is 1. The minimum absolute atomic E-state index is 0.141. The monoisotopic (exact) mass is 253 g/mol. The molecule has 18 heavy (non-hydrogen) atoms. The molecule has 0 aromatic heterocycles. The van der Waals surface area contributed by atoms with Crippen LogP contribution in [0.25, 0.3) is 0 Å². The number of likely N-dealkylation sites (N-methyl/N-ethyl adjacent to an activating group) is 1. The van der Waals surface area contributed by atoms with Gasteiger partial charge in [0, 0.05) is 13.6 Å². The first-order valence-corrected chi connectivity index (χ1v) is 5.61. The van der Waals surface area contributed by atoms with Gasteiger partial charge in [0.15, 0.2) is 0 Å². The fourth-order valence-electron chi connectivity index (χ4n) is 1.41. The van der Waals surface area contributed by atoms with Crippen molar-refractivity contribution in [3.8, 4) is 0 Å². The Bertz CT molecular complexity index is 449. The molecule has 0 aliphatic carbocycles. The summed E-state index contributed by atoms with van der Waals surface area (Å²) in [5.74, 6) is -1.30. The molecule has 0 saturated heterocycles. The van der Waals surface area contributed by atoms with Crippen molar-refractivity contribution in [3.63, 3.8) is 0 Å². The number of rotatable bonds is 5. The van der Waals surface area contributed by atoms with E-state index in [0.29, 0.717) is 6.54 Å². The molecule has 0 aliphatic heterocycles. The van der Waals surface area contributed by atoms with E-state index in [9.17, 15) is 14.0 Å². The first kappa shape index (κ1) is 14.0. The molecule has 6 heteroatoms. The summed E-state index contributed by atoms with van der Waals surface area (Å²) in [7, 11) is 1.47. The van der Waals surface area contributed by atoms with Crippen molar-refractivity contribution in [2.45, 2.75) is 6.92 Å². The van der Waals surface area contributed by atoms with Crippen molar-refractivity contribution >= 4 is 17.5 Å². The van der Waals surface area contributed by atoms with Crippen LogP contribution in [0.15, 0.2) is 18.2 Å². The van der Waals surface area contributed by atoms with E-state index in [0.717, 1.165) is 0 Å². The molecule has 98 valence electrons. The minimum atomic E-state index is -0.496. The van der Waals surface area contributed by atoms with Gasteiger partial charge in [-0.05, 0) is 19.1 Å². The predicted octanol–water partition coefficient (Wildman–Crippen LogP) is 0.733. The molecule has 0 bridgehead atoms. The Kier molecular flexibility index (Phi) is 5.10. The molecule has 0 spiro atoms. The molecule has 0 unspecified atom stereocenters. The summed E-state index contributed by atoms with van der Waals surface area (Å²) in [6.45, 7) is 2.16. The number of anilines is 1. The van der Waals surface area contributed by atoms with E-state index in [2.05, 4.69) is 16.0 Å². The number of carbonyl (C=O) groups is 2. The minimum Gasteiger partial charge on any atom is -0.382 e. The molecule has 0 saturated carbocycles. The van der Waals surface area contributed by atoms with Crippen molar-refractivity contribution < 1.29 is 14.0 Å². The Balaban J connectivity index is 2.84. The fraction of sp³-hybridized carbons (Fsp3) is 0.333. The van der Waals surface area contributed by atoms with Gasteiger partial charge in [0.1, 0.15) is 5.82 Å². The first-order chi connectivity index (χ1) is 8.60. The fourth-order valence-corrected chi connectivity index (χ4v) is 1.41. The Labute approximate surface area is 105 Å². The van der Waals surface area contributed by atoms with Gasteiger partial charge in [-0.3, -0.25) is 9.59 Å². The zero-order valence-corrected chi connectivity index (χ0v) is 10.3. The Hall–Kier alpha value is -2.11. The number of nitrogens with one attached hydrogen (secondary N) is 3. The Morgan fingerprint density at radius 3 is 2.67 bits per heavy atom. The van der Waals surface area contributed by atoms with E-state index in [-0.39, 0.29) is 23.7 Å². The number of para-hydroxylation sites is 1. The average molecular weight is 253 g/mol. The van der Waals surface area contributed by atoms with Gasteiger partial charge >= 0.3 is 0 Å². The zero-order valence-electron chi connectivity index (χ0n) is 10.3. The number of amides is 2. The van der Waals surface area contributed by atoms with E-state index in [4.69, 9.17) is 0 Å². The van der Waals surface area contributed by atoms with Gasteiger partial charge in [-0.15, -0.1) is 0 Å². The van der Waals surface area contributed by atoms with Gasteiger partial charge in [-0.1, -0.05) is 6.07 Å². The van der Waals surface area contributed by atoms with Crippen LogP contribution in [0.5, 0.6) is 0 Å². The molecule has 1 rings (SSSR count). The summed E-state index contributed by atoms with van der Waals surface area (Å²) < 4.78 is 13.5. The average Bonchev–Trinajstić information content (AvgIpc) is 2.38. The number of benzene rings is 1. The van der Waals surface area contributed by atoms with Crippen LogP contribution in [0.4, 0.5) is 10.1 Å². The largest absolute Gasteiger partial charge is 0.382 e. The lowest BCUT2D eigenvalue weighted by Gasteiger charge is -2.11. The SMILES string of the molecule is CCNc1c(F)cccc1C(=O)NCC(=O)NC. The van der Waals surface area contributed by atoms with Gasteiger partial charge in [-0.2, -0.15) is 0 Å². The van der Waals surface area contributed by atoms with Crippen LogP contribution in [0.2, 0.25) is 0 Å². The lowest BCUT2D eigenvalue weighted by molar-refractivity contribution is -0.119. The number of carbonyl (C=O) groups excluding carboxylic acids is 2. The van der Waals surface area contributed by atoms with Crippen molar-refractivity contribution in [2.75, 3.05) is 25.5 Å². The molecule has 0 aliphatic rings. The van der Waals surface area contributed by atoms with Gasteiger partial charge in [0.2, 0.25) is 5.91 Å². The van der Waals surface area contributed by atoms with Crippen LogP contribution >= 0.6 is 0 Å². The molecule has 1 aromatic rings. The number of hydrogen-bond acceptors (Lipinski definition) is 3. The normalized spacial score (nSPS) is 9.72. The third kappa shape index (κ3) is 3.44. The molecule has 0 radical (unpaired) electrons. The summed E-state index contributed by atoms with van der Waals surface area (Å²) in [6.07, 6.45) is 0. The highest BCUT2D eigenvalue weighted by molar-refractivity contribution is 6.01. The Morgan fingerprint density at radius 1 is 1.33 bits per heavy atom. The van der Waals surface area contributed by atoms with Gasteiger partial charge in [-0.25, -0.2) is 4.39 Å². The molecule has 1 aromatic carbocycles.